The number of thiophene rings is 1. The molecule has 0 saturated carbocycles. The maximum atomic E-state index is 11.5. The van der Waals surface area contributed by atoms with Gasteiger partial charge in [-0.25, -0.2) is 14.9 Å². The van der Waals surface area contributed by atoms with Gasteiger partial charge in [0.05, 0.1) is 6.54 Å². The molecule has 8 heteroatoms. The van der Waals surface area contributed by atoms with Crippen LogP contribution in [0, 0.1) is 0 Å². The second-order valence-corrected chi connectivity index (χ2v) is 7.18. The van der Waals surface area contributed by atoms with E-state index in [0.717, 1.165) is 29.3 Å². The number of hydrogen-bond acceptors (Lipinski definition) is 5. The van der Waals surface area contributed by atoms with Gasteiger partial charge < -0.3 is 4.90 Å². The van der Waals surface area contributed by atoms with Crippen LogP contribution < -0.4 is 10.6 Å². The van der Waals surface area contributed by atoms with Gasteiger partial charge in [-0.15, -0.1) is 23.7 Å². The number of aromatic nitrogens is 4. The van der Waals surface area contributed by atoms with E-state index in [9.17, 15) is 4.79 Å². The first-order valence-electron chi connectivity index (χ1n) is 8.19. The van der Waals surface area contributed by atoms with Gasteiger partial charge in [0.15, 0.2) is 0 Å². The Hall–Kier alpha value is -2.12. The first kappa shape index (κ1) is 17.7. The van der Waals surface area contributed by atoms with E-state index in [4.69, 9.17) is 0 Å². The van der Waals surface area contributed by atoms with Crippen molar-refractivity contribution in [2.45, 2.75) is 25.8 Å². The van der Waals surface area contributed by atoms with Gasteiger partial charge in [-0.05, 0) is 43.5 Å². The molecule has 1 aliphatic rings. The zero-order valence-electron chi connectivity index (χ0n) is 13.7. The summed E-state index contributed by atoms with van der Waals surface area (Å²) in [6, 6.07) is 8.39. The topological polar surface area (TPSA) is 66.8 Å². The fourth-order valence-electron chi connectivity index (χ4n) is 3.01. The Kier molecular flexibility index (Phi) is 5.55. The van der Waals surface area contributed by atoms with Crippen LogP contribution in [0.5, 0.6) is 0 Å². The summed E-state index contributed by atoms with van der Waals surface area (Å²) < 4.78 is 1.56. The molecule has 132 valence electrons. The second kappa shape index (κ2) is 7.84. The summed E-state index contributed by atoms with van der Waals surface area (Å²) in [5.41, 5.74) is 0.934. The summed E-state index contributed by atoms with van der Waals surface area (Å²) in [6.45, 7) is 2.75. The minimum Gasteiger partial charge on any atom is -0.357 e. The highest BCUT2D eigenvalue weighted by Crippen LogP contribution is 2.29. The van der Waals surface area contributed by atoms with Crippen molar-refractivity contribution in [3.63, 3.8) is 0 Å². The molecule has 3 aromatic rings. The molecule has 6 nitrogen and oxygen atoms in total. The maximum absolute atomic E-state index is 11.5. The van der Waals surface area contributed by atoms with Crippen molar-refractivity contribution in [2.75, 3.05) is 18.0 Å². The minimum absolute atomic E-state index is 0. The minimum atomic E-state index is -0.183. The fraction of sp³-hybridized carbons (Fsp3) is 0.353. The highest BCUT2D eigenvalue weighted by atomic mass is 35.5. The second-order valence-electron chi connectivity index (χ2n) is 6.01. The molecular weight excluding hydrogens is 358 g/mol. The Bertz CT molecular complexity index is 864. The average molecular weight is 378 g/mol. The van der Waals surface area contributed by atoms with Crippen molar-refractivity contribution >= 4 is 29.6 Å². The number of aromatic amines is 1. The fourth-order valence-corrected chi connectivity index (χ4v) is 4.01. The van der Waals surface area contributed by atoms with E-state index < -0.39 is 0 Å². The average Bonchev–Trinajstić information content (AvgIpc) is 3.26. The monoisotopic (exact) mass is 377 g/mol. The van der Waals surface area contributed by atoms with E-state index in [0.29, 0.717) is 6.54 Å². The molecule has 1 N–H and O–H groups in total. The lowest BCUT2D eigenvalue weighted by atomic mass is 10.1. The van der Waals surface area contributed by atoms with E-state index in [-0.39, 0.29) is 18.1 Å². The van der Waals surface area contributed by atoms with E-state index in [1.54, 1.807) is 15.9 Å². The molecule has 1 saturated heterocycles. The van der Waals surface area contributed by atoms with Gasteiger partial charge in [0.1, 0.15) is 12.1 Å². The van der Waals surface area contributed by atoms with Gasteiger partial charge in [0, 0.05) is 34.6 Å². The number of H-pyrrole nitrogens is 1. The summed E-state index contributed by atoms with van der Waals surface area (Å²) in [7, 11) is 0. The Morgan fingerprint density at radius 1 is 1.12 bits per heavy atom. The lowest BCUT2D eigenvalue weighted by Crippen LogP contribution is -2.29. The number of rotatable bonds is 4. The maximum Gasteiger partial charge on any atom is 0.343 e. The Morgan fingerprint density at radius 3 is 2.64 bits per heavy atom. The molecule has 0 aliphatic carbocycles. The number of piperidine rings is 1. The molecule has 0 bridgehead atoms. The molecule has 0 unspecified atom stereocenters. The van der Waals surface area contributed by atoms with E-state index in [1.807, 2.05) is 6.20 Å². The largest absolute Gasteiger partial charge is 0.357 e. The molecule has 4 heterocycles. The van der Waals surface area contributed by atoms with E-state index >= 15 is 0 Å². The van der Waals surface area contributed by atoms with Crippen molar-refractivity contribution in [3.05, 3.63) is 52.2 Å². The zero-order valence-corrected chi connectivity index (χ0v) is 15.4. The highest BCUT2D eigenvalue weighted by molar-refractivity contribution is 7.15. The number of nitrogens with one attached hydrogen (secondary N) is 1. The molecule has 0 aromatic carbocycles. The van der Waals surface area contributed by atoms with Crippen molar-refractivity contribution in [1.82, 2.24) is 19.7 Å². The molecule has 0 atom stereocenters. The molecule has 3 aromatic heterocycles. The van der Waals surface area contributed by atoms with E-state index in [2.05, 4.69) is 44.3 Å². The zero-order chi connectivity index (χ0) is 16.4. The van der Waals surface area contributed by atoms with Gasteiger partial charge in [0.2, 0.25) is 0 Å². The summed E-state index contributed by atoms with van der Waals surface area (Å²) in [5, 5.41) is 6.16. The van der Waals surface area contributed by atoms with Crippen LogP contribution in [-0.4, -0.2) is 32.8 Å². The van der Waals surface area contributed by atoms with Crippen LogP contribution in [0.1, 0.15) is 24.1 Å². The Balaban J connectivity index is 0.00000182. The number of pyridine rings is 1. The molecular formula is C17H20ClN5OS. The van der Waals surface area contributed by atoms with Crippen molar-refractivity contribution < 1.29 is 0 Å². The summed E-state index contributed by atoms with van der Waals surface area (Å²) in [4.78, 5) is 20.8. The SMILES string of the molecule is Cl.O=c1[nH]ncn1Cc1ccc(-c2ccc(N3CCCCC3)nc2)s1. The van der Waals surface area contributed by atoms with Gasteiger partial charge >= 0.3 is 5.69 Å². The van der Waals surface area contributed by atoms with Crippen LogP contribution in [0.4, 0.5) is 5.82 Å². The molecule has 1 aliphatic heterocycles. The molecule has 1 fully saturated rings. The normalized spacial score (nSPS) is 14.3. The van der Waals surface area contributed by atoms with Crippen LogP contribution in [0.3, 0.4) is 0 Å². The molecule has 4 rings (SSSR count). The highest BCUT2D eigenvalue weighted by Gasteiger charge is 2.12. The lowest BCUT2D eigenvalue weighted by molar-refractivity contribution is 0.573. The van der Waals surface area contributed by atoms with Crippen molar-refractivity contribution in [1.29, 1.82) is 0 Å². The Morgan fingerprint density at radius 2 is 1.96 bits per heavy atom. The van der Waals surface area contributed by atoms with Crippen LogP contribution in [-0.2, 0) is 6.54 Å². The van der Waals surface area contributed by atoms with Crippen LogP contribution in [0.2, 0.25) is 0 Å². The lowest BCUT2D eigenvalue weighted by Gasteiger charge is -2.27. The van der Waals surface area contributed by atoms with Gasteiger partial charge in [-0.2, -0.15) is 5.10 Å². The summed E-state index contributed by atoms with van der Waals surface area (Å²) in [6.07, 6.45) is 7.31. The van der Waals surface area contributed by atoms with Crippen LogP contribution in [0.15, 0.2) is 41.6 Å². The summed E-state index contributed by atoms with van der Waals surface area (Å²) in [5.74, 6) is 1.07. The van der Waals surface area contributed by atoms with Gasteiger partial charge in [0.25, 0.3) is 0 Å². The third-order valence-electron chi connectivity index (χ3n) is 4.32. The number of nitrogens with zero attached hydrogens (tertiary/aromatic N) is 4. The molecule has 0 amide bonds. The number of anilines is 1. The molecule has 25 heavy (non-hydrogen) atoms. The van der Waals surface area contributed by atoms with Crippen molar-refractivity contribution in [2.24, 2.45) is 0 Å². The summed E-state index contributed by atoms with van der Waals surface area (Å²) >= 11 is 1.68. The predicted octanol–water partition coefficient (Wildman–Crippen LogP) is 3.16. The third-order valence-corrected chi connectivity index (χ3v) is 5.44. The first-order chi connectivity index (χ1) is 11.8. The quantitative estimate of drug-likeness (QED) is 0.758. The predicted molar refractivity (Wildman–Crippen MR) is 103 cm³/mol. The van der Waals surface area contributed by atoms with Crippen LogP contribution >= 0.6 is 23.7 Å². The number of halogens is 1. The molecule has 0 spiro atoms. The van der Waals surface area contributed by atoms with Gasteiger partial charge in [-0.1, -0.05) is 0 Å². The number of hydrogen-bond donors (Lipinski definition) is 1. The first-order valence-corrected chi connectivity index (χ1v) is 9.01. The molecule has 0 radical (unpaired) electrons. The Labute approximate surface area is 155 Å². The van der Waals surface area contributed by atoms with Crippen molar-refractivity contribution in [3.8, 4) is 10.4 Å². The van der Waals surface area contributed by atoms with E-state index in [1.165, 1.54) is 30.5 Å². The third kappa shape index (κ3) is 3.93. The smallest absolute Gasteiger partial charge is 0.343 e. The standard InChI is InChI=1S/C17H19N5OS.ClH/c23-17-20-19-12-22(17)11-14-5-6-15(24-14)13-4-7-16(18-10-13)21-8-2-1-3-9-21;/h4-7,10,12H,1-3,8-9,11H2,(H,20,23);1H. The van der Waals surface area contributed by atoms with Gasteiger partial charge in [-0.3, -0.25) is 4.57 Å². The van der Waals surface area contributed by atoms with Crippen LogP contribution in [0.25, 0.3) is 10.4 Å².